The van der Waals surface area contributed by atoms with Crippen LogP contribution in [-0.2, 0) is 9.59 Å². The maximum Gasteiger partial charge on any atom is 0.0583 e. The molecule has 5 nitrogen and oxygen atoms in total. The van der Waals surface area contributed by atoms with Crippen LogP contribution in [0.5, 0.6) is 0 Å². The Bertz CT molecular complexity index is 168. The second-order valence-electron chi connectivity index (χ2n) is 2.28. The fourth-order valence-corrected chi connectivity index (χ4v) is 0.521. The molecule has 0 aliphatic carbocycles. The van der Waals surface area contributed by atoms with Crippen LogP contribution in [0.25, 0.3) is 0 Å². The molecule has 1 atom stereocenters. The summed E-state index contributed by atoms with van der Waals surface area (Å²) in [6.45, 7) is 0.938. The van der Waals surface area contributed by atoms with Crippen molar-refractivity contribution in [2.45, 2.75) is 13.0 Å². The molecule has 5 heteroatoms. The van der Waals surface area contributed by atoms with Crippen molar-refractivity contribution in [3.8, 4) is 0 Å². The molecule has 0 aromatic rings. The predicted molar refractivity (Wildman–Crippen MR) is 32.1 cm³/mol. The van der Waals surface area contributed by atoms with E-state index in [0.29, 0.717) is 0 Å². The second kappa shape index (κ2) is 3.92. The van der Waals surface area contributed by atoms with Gasteiger partial charge in [0, 0.05) is 12.6 Å². The molecule has 0 radical (unpaired) electrons. The molecule has 0 rings (SSSR count). The maximum absolute atomic E-state index is 10.2. The molecule has 0 saturated heterocycles. The quantitative estimate of drug-likeness (QED) is 0.431. The minimum Gasteiger partial charge on any atom is -0.549 e. The summed E-state index contributed by atoms with van der Waals surface area (Å²) >= 11 is 0. The molecule has 11 heavy (non-hydrogen) atoms. The number of carboxylic acid groups (broad SMARTS) is 2. The van der Waals surface area contributed by atoms with E-state index in [1.165, 1.54) is 14.0 Å². The molecule has 64 valence electrons. The lowest BCUT2D eigenvalue weighted by Crippen LogP contribution is -2.48. The Morgan fingerprint density at radius 3 is 2.18 bits per heavy atom. The molecule has 0 amide bonds. The van der Waals surface area contributed by atoms with Crippen molar-refractivity contribution in [2.24, 2.45) is 0 Å². The number of aliphatic carboxylic acids is 2. The zero-order chi connectivity index (χ0) is 9.02. The first-order valence-corrected chi connectivity index (χ1v) is 3.06. The van der Waals surface area contributed by atoms with Crippen LogP contribution in [0.3, 0.4) is 0 Å². The lowest BCUT2D eigenvalue weighted by molar-refractivity contribution is -0.313. The van der Waals surface area contributed by atoms with Gasteiger partial charge >= 0.3 is 0 Å². The van der Waals surface area contributed by atoms with Crippen LogP contribution in [0.15, 0.2) is 0 Å². The third-order valence-electron chi connectivity index (χ3n) is 1.38. The highest BCUT2D eigenvalue weighted by Crippen LogP contribution is 1.91. The standard InChI is InChI=1S/C6H11NO4/c1-4(6(10)11)7(2)3-5(8)9/h4H,3H2,1-2H3,(H,8,9)(H,10,11)/p-2. The van der Waals surface area contributed by atoms with E-state index in [9.17, 15) is 19.8 Å². The largest absolute Gasteiger partial charge is 0.549 e. The van der Waals surface area contributed by atoms with Gasteiger partial charge < -0.3 is 19.8 Å². The molecule has 0 spiro atoms. The molecular formula is C6H9NO4-2. The number of nitrogens with zero attached hydrogens (tertiary/aromatic N) is 1. The van der Waals surface area contributed by atoms with Gasteiger partial charge in [0.25, 0.3) is 0 Å². The monoisotopic (exact) mass is 159 g/mol. The van der Waals surface area contributed by atoms with Gasteiger partial charge in [0.15, 0.2) is 0 Å². The van der Waals surface area contributed by atoms with Gasteiger partial charge in [-0.05, 0) is 14.0 Å². The molecule has 0 aliphatic heterocycles. The Hall–Kier alpha value is -1.10. The molecule has 0 aliphatic rings. The number of rotatable bonds is 4. The van der Waals surface area contributed by atoms with Crippen LogP contribution in [-0.4, -0.2) is 36.5 Å². The molecule has 0 fully saturated rings. The highest BCUT2D eigenvalue weighted by molar-refractivity contribution is 5.72. The third-order valence-corrected chi connectivity index (χ3v) is 1.38. The van der Waals surface area contributed by atoms with E-state index in [-0.39, 0.29) is 0 Å². The van der Waals surface area contributed by atoms with Crippen molar-refractivity contribution in [1.29, 1.82) is 0 Å². The van der Waals surface area contributed by atoms with Crippen LogP contribution in [0.2, 0.25) is 0 Å². The number of hydrogen-bond acceptors (Lipinski definition) is 5. The van der Waals surface area contributed by atoms with Gasteiger partial charge in [0.05, 0.1) is 11.9 Å². The highest BCUT2D eigenvalue weighted by Gasteiger charge is 2.08. The zero-order valence-corrected chi connectivity index (χ0v) is 6.36. The van der Waals surface area contributed by atoms with E-state index in [1.807, 2.05) is 0 Å². The molecule has 0 bridgehead atoms. The number of carboxylic acids is 2. The fraction of sp³-hybridized carbons (Fsp3) is 0.667. The average Bonchev–Trinajstić information content (AvgIpc) is 1.84. The smallest absolute Gasteiger partial charge is 0.0583 e. The Kier molecular flexibility index (Phi) is 3.53. The summed E-state index contributed by atoms with van der Waals surface area (Å²) in [7, 11) is 1.37. The van der Waals surface area contributed by atoms with Gasteiger partial charge in [-0.25, -0.2) is 0 Å². The molecular weight excluding hydrogens is 150 g/mol. The van der Waals surface area contributed by atoms with Crippen molar-refractivity contribution >= 4 is 11.9 Å². The first-order chi connectivity index (χ1) is 4.95. The van der Waals surface area contributed by atoms with Crippen LogP contribution >= 0.6 is 0 Å². The Balaban J connectivity index is 3.92. The SMILES string of the molecule is CC(C(=O)[O-])N(C)CC(=O)[O-]. The summed E-state index contributed by atoms with van der Waals surface area (Å²) in [6, 6.07) is -0.909. The van der Waals surface area contributed by atoms with Crippen LogP contribution in [0.1, 0.15) is 6.92 Å². The lowest BCUT2D eigenvalue weighted by Gasteiger charge is -2.25. The second-order valence-corrected chi connectivity index (χ2v) is 2.28. The maximum atomic E-state index is 10.2. The van der Waals surface area contributed by atoms with E-state index < -0.39 is 24.5 Å². The third kappa shape index (κ3) is 3.57. The van der Waals surface area contributed by atoms with Crippen molar-refractivity contribution in [1.82, 2.24) is 4.90 Å². The molecule has 0 saturated carbocycles. The van der Waals surface area contributed by atoms with Crippen LogP contribution < -0.4 is 10.2 Å². The van der Waals surface area contributed by atoms with Gasteiger partial charge in [0.1, 0.15) is 0 Å². The molecule has 0 aromatic heterocycles. The molecule has 0 N–H and O–H groups in total. The van der Waals surface area contributed by atoms with Crippen LogP contribution in [0.4, 0.5) is 0 Å². The first-order valence-electron chi connectivity index (χ1n) is 3.06. The Morgan fingerprint density at radius 1 is 1.45 bits per heavy atom. The average molecular weight is 159 g/mol. The molecule has 0 aromatic carbocycles. The summed E-state index contributed by atoms with van der Waals surface area (Å²) in [5.74, 6) is -2.60. The summed E-state index contributed by atoms with van der Waals surface area (Å²) in [6.07, 6.45) is 0. The van der Waals surface area contributed by atoms with E-state index in [2.05, 4.69) is 0 Å². The number of carbonyl (C=O) groups excluding carboxylic acids is 2. The summed E-state index contributed by atoms with van der Waals surface area (Å²) in [5, 5.41) is 20.1. The molecule has 1 unspecified atom stereocenters. The number of hydrogen-bond donors (Lipinski definition) is 0. The zero-order valence-electron chi connectivity index (χ0n) is 6.36. The summed E-state index contributed by atoms with van der Waals surface area (Å²) < 4.78 is 0. The van der Waals surface area contributed by atoms with E-state index in [0.717, 1.165) is 4.90 Å². The lowest BCUT2D eigenvalue weighted by atomic mass is 10.3. The van der Waals surface area contributed by atoms with Gasteiger partial charge in [-0.15, -0.1) is 0 Å². The minimum atomic E-state index is -1.30. The van der Waals surface area contributed by atoms with Gasteiger partial charge in [0.2, 0.25) is 0 Å². The normalized spacial score (nSPS) is 13.0. The first kappa shape index (κ1) is 9.90. The van der Waals surface area contributed by atoms with Crippen molar-refractivity contribution in [3.63, 3.8) is 0 Å². The topological polar surface area (TPSA) is 83.5 Å². The highest BCUT2D eigenvalue weighted by atomic mass is 16.4. The predicted octanol–water partition coefficient (Wildman–Crippen LogP) is -3.19. The van der Waals surface area contributed by atoms with Gasteiger partial charge in [-0.2, -0.15) is 0 Å². The minimum absolute atomic E-state index is 0.408. The number of likely N-dealkylation sites (N-methyl/N-ethyl adjacent to an activating group) is 1. The Labute approximate surface area is 64.2 Å². The van der Waals surface area contributed by atoms with E-state index in [1.54, 1.807) is 0 Å². The van der Waals surface area contributed by atoms with Crippen molar-refractivity contribution in [3.05, 3.63) is 0 Å². The fourth-order valence-electron chi connectivity index (χ4n) is 0.521. The van der Waals surface area contributed by atoms with Gasteiger partial charge in [-0.1, -0.05) is 0 Å². The van der Waals surface area contributed by atoms with Crippen molar-refractivity contribution in [2.75, 3.05) is 13.6 Å². The summed E-state index contributed by atoms with van der Waals surface area (Å²) in [4.78, 5) is 21.2. The van der Waals surface area contributed by atoms with E-state index >= 15 is 0 Å². The van der Waals surface area contributed by atoms with E-state index in [4.69, 9.17) is 0 Å². The van der Waals surface area contributed by atoms with Crippen LogP contribution in [0, 0.1) is 0 Å². The summed E-state index contributed by atoms with van der Waals surface area (Å²) in [5.41, 5.74) is 0. The molecule has 0 heterocycles. The van der Waals surface area contributed by atoms with Gasteiger partial charge in [-0.3, -0.25) is 4.90 Å². The van der Waals surface area contributed by atoms with Crippen molar-refractivity contribution < 1.29 is 19.8 Å². The Morgan fingerprint density at radius 2 is 1.91 bits per heavy atom. The number of carbonyl (C=O) groups is 2.